The second kappa shape index (κ2) is 6.33. The molecule has 5 aromatic rings. The van der Waals surface area contributed by atoms with Crippen molar-refractivity contribution in [2.75, 3.05) is 0 Å². The van der Waals surface area contributed by atoms with Gasteiger partial charge in [0.25, 0.3) is 0 Å². The van der Waals surface area contributed by atoms with Crippen molar-refractivity contribution in [2.45, 2.75) is 0 Å². The summed E-state index contributed by atoms with van der Waals surface area (Å²) in [6, 6.07) is 20.4. The van der Waals surface area contributed by atoms with Crippen LogP contribution in [0.1, 0.15) is 0 Å². The van der Waals surface area contributed by atoms with Gasteiger partial charge in [-0.2, -0.15) is 0 Å². The van der Waals surface area contributed by atoms with Crippen LogP contribution in [-0.4, -0.2) is 51.4 Å². The van der Waals surface area contributed by atoms with Gasteiger partial charge >= 0.3 is 0 Å². The largest absolute Gasteiger partial charge is 0.454 e. The molecule has 0 fully saturated rings. The molecule has 0 aliphatic heterocycles. The molecule has 0 saturated carbocycles. The third-order valence-corrected chi connectivity index (χ3v) is 5.78. The molecule has 0 amide bonds. The van der Waals surface area contributed by atoms with Gasteiger partial charge in [0, 0.05) is 63.5 Å². The van der Waals surface area contributed by atoms with Gasteiger partial charge in [0.1, 0.15) is 22.3 Å². The predicted molar refractivity (Wildman–Crippen MR) is 100 cm³/mol. The molecule has 0 atom stereocenters. The van der Waals surface area contributed by atoms with Crippen LogP contribution in [0, 0.1) is 0 Å². The Bertz CT molecular complexity index is 1010. The van der Waals surface area contributed by atoms with Gasteiger partial charge in [-0.25, -0.2) is 0 Å². The van der Waals surface area contributed by atoms with E-state index < -0.39 is 0 Å². The maximum Gasteiger partial charge on any atom is 0.146 e. The van der Waals surface area contributed by atoms with Crippen molar-refractivity contribution >= 4 is 115 Å². The molecule has 0 unspecified atom stereocenters. The molecule has 2 nitrogen and oxygen atoms in total. The predicted octanol–water partition coefficient (Wildman–Crippen LogP) is 6.35. The van der Waals surface area contributed by atoms with Crippen molar-refractivity contribution in [1.82, 2.24) is 0 Å². The first kappa shape index (κ1) is 15.8. The molecule has 0 aliphatic rings. The molecule has 0 N–H and O–H groups in total. The third-order valence-electron chi connectivity index (χ3n) is 3.59. The zero-order chi connectivity index (χ0) is 14.5. The molecule has 0 bridgehead atoms. The Morgan fingerprint density at radius 2 is 0.957 bits per heavy atom. The Hall–Kier alpha value is -0.664. The number of rotatable bonds is 0. The smallest absolute Gasteiger partial charge is 0.146 e. The Morgan fingerprint density at radius 3 is 1.43 bits per heavy atom. The van der Waals surface area contributed by atoms with E-state index in [1.54, 1.807) is 22.7 Å². The molecule has 0 saturated heterocycles. The van der Waals surface area contributed by atoms with Gasteiger partial charge in [0.15, 0.2) is 0 Å². The maximum absolute atomic E-state index is 6.04. The van der Waals surface area contributed by atoms with E-state index in [-0.39, 0.29) is 51.4 Å². The number of hydrogen-bond donors (Lipinski definition) is 0. The number of benzene rings is 3. The van der Waals surface area contributed by atoms with E-state index in [1.165, 1.54) is 0 Å². The number of fused-ring (bicyclic) bond motifs is 4. The zero-order valence-electron chi connectivity index (χ0n) is 12.4. The monoisotopic (exact) mass is 361 g/mol. The minimum absolute atomic E-state index is 0. The quantitative estimate of drug-likeness (QED) is 0.237. The molecule has 5 rings (SSSR count). The van der Waals surface area contributed by atoms with Crippen LogP contribution in [0.5, 0.6) is 0 Å². The summed E-state index contributed by atoms with van der Waals surface area (Å²) in [5.74, 6) is 0. The Balaban J connectivity index is 0.00000135. The molecular weight excluding hydrogens is 351 g/mol. The zero-order valence-corrected chi connectivity index (χ0v) is 17.2. The fourth-order valence-corrected chi connectivity index (χ4v) is 4.48. The topological polar surface area (TPSA) is 26.3 Å². The summed E-state index contributed by atoms with van der Waals surface area (Å²) in [4.78, 5) is 0. The van der Waals surface area contributed by atoms with Crippen LogP contribution in [0.25, 0.3) is 41.1 Å². The van der Waals surface area contributed by atoms with E-state index in [0.29, 0.717) is 0 Å². The summed E-state index contributed by atoms with van der Waals surface area (Å²) in [7, 11) is 0. The first-order chi connectivity index (χ1) is 10.9. The Kier molecular flexibility index (Phi) is 4.36. The molecule has 23 heavy (non-hydrogen) atoms. The van der Waals surface area contributed by atoms with Gasteiger partial charge in [-0.05, 0) is 24.3 Å². The van der Waals surface area contributed by atoms with Crippen molar-refractivity contribution in [2.24, 2.45) is 0 Å². The SMILES string of the molecule is [K].c1ccc2sc3cc4oc5ccccc5sc4cc3oc2c1. The van der Waals surface area contributed by atoms with E-state index in [9.17, 15) is 0 Å². The van der Waals surface area contributed by atoms with Crippen LogP contribution < -0.4 is 0 Å². The summed E-state index contributed by atoms with van der Waals surface area (Å²) in [5.41, 5.74) is 3.64. The van der Waals surface area contributed by atoms with Gasteiger partial charge in [-0.15, -0.1) is 22.7 Å². The third kappa shape index (κ3) is 2.80. The molecule has 0 spiro atoms. The Labute approximate surface area is 182 Å². The van der Waals surface area contributed by atoms with Crippen molar-refractivity contribution in [1.29, 1.82) is 0 Å². The van der Waals surface area contributed by atoms with Crippen LogP contribution in [0.15, 0.2) is 69.5 Å². The number of hydrogen-bond acceptors (Lipinski definition) is 4. The minimum Gasteiger partial charge on any atom is -0.454 e. The van der Waals surface area contributed by atoms with Gasteiger partial charge in [-0.3, -0.25) is 0 Å². The normalized spacial score (nSPS) is 11.1. The van der Waals surface area contributed by atoms with Crippen molar-refractivity contribution < 1.29 is 8.83 Å². The second-order valence-corrected chi connectivity index (χ2v) is 7.21. The summed E-state index contributed by atoms with van der Waals surface area (Å²) in [6.45, 7) is 0. The van der Waals surface area contributed by atoms with Crippen molar-refractivity contribution in [3.05, 3.63) is 60.7 Å². The standard InChI is InChI=1S/C18H10O2S2.K/c1-3-7-15-11(5-1)19-13-9-18-14(10-17(13)21-15)20-12-6-2-4-8-16(12)22-18;/h1-10H;. The van der Waals surface area contributed by atoms with Crippen LogP contribution in [-0.2, 0) is 0 Å². The fraction of sp³-hybridized carbons (Fsp3) is 0. The molecule has 5 heteroatoms. The molecule has 107 valence electrons. The number of para-hydroxylation sites is 2. The van der Waals surface area contributed by atoms with E-state index >= 15 is 0 Å². The minimum atomic E-state index is 0. The van der Waals surface area contributed by atoms with E-state index in [4.69, 9.17) is 8.83 Å². The summed E-state index contributed by atoms with van der Waals surface area (Å²) in [6.07, 6.45) is 0. The first-order valence-corrected chi connectivity index (χ1v) is 8.58. The van der Waals surface area contributed by atoms with Gasteiger partial charge in [-0.1, -0.05) is 24.3 Å². The van der Waals surface area contributed by atoms with Gasteiger partial charge < -0.3 is 8.83 Å². The maximum atomic E-state index is 6.04. The molecular formula is C18H10KO2S2. The van der Waals surface area contributed by atoms with Crippen molar-refractivity contribution in [3.8, 4) is 0 Å². The average Bonchev–Trinajstić information content (AvgIpc) is 2.56. The van der Waals surface area contributed by atoms with Crippen LogP contribution in [0.3, 0.4) is 0 Å². The Morgan fingerprint density at radius 1 is 0.522 bits per heavy atom. The van der Waals surface area contributed by atoms with E-state index in [2.05, 4.69) is 24.3 Å². The van der Waals surface area contributed by atoms with E-state index in [1.807, 2.05) is 36.4 Å². The van der Waals surface area contributed by atoms with Gasteiger partial charge in [0.05, 0.1) is 18.8 Å². The molecule has 1 radical (unpaired) electrons. The molecule has 0 aliphatic carbocycles. The molecule has 2 heterocycles. The summed E-state index contributed by atoms with van der Waals surface area (Å²) < 4.78 is 16.5. The average molecular weight is 362 g/mol. The molecule has 3 aromatic carbocycles. The van der Waals surface area contributed by atoms with E-state index in [0.717, 1.165) is 41.1 Å². The first-order valence-electron chi connectivity index (χ1n) is 6.94. The van der Waals surface area contributed by atoms with Gasteiger partial charge in [0.2, 0.25) is 0 Å². The van der Waals surface area contributed by atoms with Crippen LogP contribution in [0.2, 0.25) is 0 Å². The molecule has 2 aromatic heterocycles. The van der Waals surface area contributed by atoms with Crippen LogP contribution >= 0.6 is 22.7 Å². The van der Waals surface area contributed by atoms with Crippen molar-refractivity contribution in [3.63, 3.8) is 0 Å². The van der Waals surface area contributed by atoms with Crippen LogP contribution in [0.4, 0.5) is 0 Å². The fourth-order valence-electron chi connectivity index (χ4n) is 2.55. The summed E-state index contributed by atoms with van der Waals surface area (Å²) in [5, 5.41) is 0. The second-order valence-electron chi connectivity index (χ2n) is 5.05. The summed E-state index contributed by atoms with van der Waals surface area (Å²) >= 11 is 3.44.